The summed E-state index contributed by atoms with van der Waals surface area (Å²) in [6.45, 7) is 10.5. The molecule has 0 radical (unpaired) electrons. The number of halogens is 1. The molecule has 1 saturated heterocycles. The average Bonchev–Trinajstić information content (AvgIpc) is 3.07. The number of thioether (sulfide) groups is 1. The number of carbonyl (C=O) groups excluding carboxylic acids is 1. The predicted molar refractivity (Wildman–Crippen MR) is 143 cm³/mol. The van der Waals surface area contributed by atoms with Crippen molar-refractivity contribution >= 4 is 50.8 Å². The lowest BCUT2D eigenvalue weighted by Gasteiger charge is -2.20. The quantitative estimate of drug-likeness (QED) is 0.366. The van der Waals surface area contributed by atoms with Crippen LogP contribution in [0.25, 0.3) is 6.08 Å². The molecule has 9 heteroatoms. The van der Waals surface area contributed by atoms with Gasteiger partial charge in [-0.25, -0.2) is 4.79 Å². The highest BCUT2D eigenvalue weighted by atomic mass is 79.9. The molecule has 1 amide bonds. The average molecular weight is 561 g/mol. The molecule has 1 aliphatic rings. The number of benzene rings is 2. The molecule has 35 heavy (non-hydrogen) atoms. The van der Waals surface area contributed by atoms with Crippen molar-refractivity contribution in [1.82, 2.24) is 4.90 Å². The van der Waals surface area contributed by atoms with Crippen LogP contribution in [0.15, 0.2) is 50.8 Å². The lowest BCUT2D eigenvalue weighted by Crippen LogP contribution is -2.35. The standard InChI is InChI=1S/C26H29BrN2O5S/c1-6-33-21-12-18(13-22-24(30)29(16(4)5)26(35-22)28-15(2)3)11-20(27)23(21)34-14-17-7-9-19(10-8-17)25(31)32/h7-13,15-16H,6,14H2,1-5H3,(H,31,32)/b22-13+,28-26?. The summed E-state index contributed by atoms with van der Waals surface area (Å²) in [5, 5.41) is 9.78. The molecule has 0 unspecified atom stereocenters. The number of nitrogens with zero attached hydrogens (tertiary/aromatic N) is 2. The van der Waals surface area contributed by atoms with Crippen molar-refractivity contribution < 1.29 is 24.2 Å². The van der Waals surface area contributed by atoms with Gasteiger partial charge in [-0.1, -0.05) is 12.1 Å². The molecule has 1 fully saturated rings. The van der Waals surface area contributed by atoms with Crippen molar-refractivity contribution in [2.45, 2.75) is 53.3 Å². The normalized spacial score (nSPS) is 16.1. The number of ether oxygens (including phenoxy) is 2. The molecule has 1 heterocycles. The fourth-order valence-electron chi connectivity index (χ4n) is 3.38. The molecule has 2 aromatic rings. The van der Waals surface area contributed by atoms with E-state index in [1.807, 2.05) is 52.8 Å². The van der Waals surface area contributed by atoms with E-state index in [-0.39, 0.29) is 30.2 Å². The van der Waals surface area contributed by atoms with Crippen LogP contribution in [0.3, 0.4) is 0 Å². The topological polar surface area (TPSA) is 88.4 Å². The molecule has 0 spiro atoms. The Morgan fingerprint density at radius 1 is 1.17 bits per heavy atom. The highest BCUT2D eigenvalue weighted by Crippen LogP contribution is 2.40. The van der Waals surface area contributed by atoms with Gasteiger partial charge in [0.15, 0.2) is 16.7 Å². The third kappa shape index (κ3) is 6.67. The molecule has 0 atom stereocenters. The third-order valence-electron chi connectivity index (χ3n) is 4.94. The Balaban J connectivity index is 1.87. The van der Waals surface area contributed by atoms with Gasteiger partial charge >= 0.3 is 5.97 Å². The van der Waals surface area contributed by atoms with Crippen molar-refractivity contribution in [2.75, 3.05) is 6.61 Å². The molecule has 7 nitrogen and oxygen atoms in total. The number of aliphatic imine (C=N–C) groups is 1. The molecule has 1 aliphatic heterocycles. The Kier molecular flexibility index (Phi) is 9.02. The zero-order valence-corrected chi connectivity index (χ0v) is 22.8. The van der Waals surface area contributed by atoms with Crippen LogP contribution >= 0.6 is 27.7 Å². The van der Waals surface area contributed by atoms with Crippen LogP contribution in [-0.4, -0.2) is 45.7 Å². The number of carboxylic acids is 1. The summed E-state index contributed by atoms with van der Waals surface area (Å²) in [4.78, 5) is 31.1. The number of carbonyl (C=O) groups is 2. The van der Waals surface area contributed by atoms with E-state index in [1.54, 1.807) is 29.2 Å². The van der Waals surface area contributed by atoms with Crippen molar-refractivity contribution in [3.05, 3.63) is 62.5 Å². The monoisotopic (exact) mass is 560 g/mol. The van der Waals surface area contributed by atoms with Crippen LogP contribution in [0, 0.1) is 0 Å². The zero-order valence-electron chi connectivity index (χ0n) is 20.4. The highest BCUT2D eigenvalue weighted by molar-refractivity contribution is 9.10. The fraction of sp³-hybridized carbons (Fsp3) is 0.346. The molecule has 3 rings (SSSR count). The molecular formula is C26H29BrN2O5S. The van der Waals surface area contributed by atoms with E-state index in [1.165, 1.54) is 11.8 Å². The minimum Gasteiger partial charge on any atom is -0.490 e. The van der Waals surface area contributed by atoms with Crippen molar-refractivity contribution in [1.29, 1.82) is 0 Å². The van der Waals surface area contributed by atoms with Gasteiger partial charge in [0.1, 0.15) is 6.61 Å². The first kappa shape index (κ1) is 26.8. The Hall–Kier alpha value is -2.78. The van der Waals surface area contributed by atoms with E-state index in [0.717, 1.165) is 11.1 Å². The van der Waals surface area contributed by atoms with Gasteiger partial charge in [-0.05, 0) is 104 Å². The van der Waals surface area contributed by atoms with Crippen LogP contribution in [0.2, 0.25) is 0 Å². The summed E-state index contributed by atoms with van der Waals surface area (Å²) < 4.78 is 12.5. The first-order chi connectivity index (χ1) is 16.6. The molecule has 186 valence electrons. The maximum atomic E-state index is 13.1. The Bertz CT molecular complexity index is 1160. The summed E-state index contributed by atoms with van der Waals surface area (Å²) in [5.74, 6) is 0.0425. The lowest BCUT2D eigenvalue weighted by atomic mass is 10.1. The van der Waals surface area contributed by atoms with Crippen LogP contribution in [0.5, 0.6) is 11.5 Å². The van der Waals surface area contributed by atoms with Crippen molar-refractivity contribution in [3.63, 3.8) is 0 Å². The second-order valence-corrected chi connectivity index (χ2v) is 10.3. The number of hydrogen-bond donors (Lipinski definition) is 1. The number of amides is 1. The molecule has 0 saturated carbocycles. The second-order valence-electron chi connectivity index (χ2n) is 8.44. The van der Waals surface area contributed by atoms with E-state index in [2.05, 4.69) is 20.9 Å². The van der Waals surface area contributed by atoms with Gasteiger partial charge in [-0.2, -0.15) is 0 Å². The minimum absolute atomic E-state index is 0.00413. The van der Waals surface area contributed by atoms with Crippen LogP contribution in [-0.2, 0) is 11.4 Å². The Morgan fingerprint density at radius 2 is 1.86 bits per heavy atom. The van der Waals surface area contributed by atoms with Crippen LogP contribution < -0.4 is 9.47 Å². The van der Waals surface area contributed by atoms with Gasteiger partial charge in [0.05, 0.1) is 21.5 Å². The first-order valence-corrected chi connectivity index (χ1v) is 12.9. The Morgan fingerprint density at radius 3 is 2.43 bits per heavy atom. The van der Waals surface area contributed by atoms with E-state index < -0.39 is 5.97 Å². The number of hydrogen-bond acceptors (Lipinski definition) is 6. The largest absolute Gasteiger partial charge is 0.490 e. The summed E-state index contributed by atoms with van der Waals surface area (Å²) in [5.41, 5.74) is 1.84. The van der Waals surface area contributed by atoms with Gasteiger partial charge in [0, 0.05) is 12.1 Å². The lowest BCUT2D eigenvalue weighted by molar-refractivity contribution is -0.123. The van der Waals surface area contributed by atoms with Gasteiger partial charge in [0.2, 0.25) is 0 Å². The molecule has 2 aromatic carbocycles. The summed E-state index contributed by atoms with van der Waals surface area (Å²) in [6.07, 6.45) is 1.84. The number of carboxylic acid groups (broad SMARTS) is 1. The van der Waals surface area contributed by atoms with Crippen molar-refractivity contribution in [2.24, 2.45) is 4.99 Å². The maximum Gasteiger partial charge on any atom is 0.335 e. The van der Waals surface area contributed by atoms with Gasteiger partial charge < -0.3 is 14.6 Å². The van der Waals surface area contributed by atoms with E-state index in [9.17, 15) is 9.59 Å². The molecular weight excluding hydrogens is 532 g/mol. The summed E-state index contributed by atoms with van der Waals surface area (Å²) >= 11 is 4.96. The molecule has 1 N–H and O–H groups in total. The summed E-state index contributed by atoms with van der Waals surface area (Å²) in [6, 6.07) is 10.3. The number of aromatic carboxylic acids is 1. The predicted octanol–water partition coefficient (Wildman–Crippen LogP) is 6.21. The van der Waals surface area contributed by atoms with Crippen LogP contribution in [0.4, 0.5) is 0 Å². The third-order valence-corrected chi connectivity index (χ3v) is 6.52. The van der Waals surface area contributed by atoms with Crippen molar-refractivity contribution in [3.8, 4) is 11.5 Å². The maximum absolute atomic E-state index is 13.1. The number of amidine groups is 1. The van der Waals surface area contributed by atoms with Gasteiger partial charge in [-0.15, -0.1) is 0 Å². The fourth-order valence-corrected chi connectivity index (χ4v) is 5.18. The molecule has 0 aliphatic carbocycles. The zero-order chi connectivity index (χ0) is 25.7. The molecule has 0 bridgehead atoms. The van der Waals surface area contributed by atoms with E-state index >= 15 is 0 Å². The number of rotatable bonds is 9. The van der Waals surface area contributed by atoms with Gasteiger partial charge in [0.25, 0.3) is 5.91 Å². The smallest absolute Gasteiger partial charge is 0.335 e. The minimum atomic E-state index is -0.971. The first-order valence-electron chi connectivity index (χ1n) is 11.3. The van der Waals surface area contributed by atoms with E-state index in [0.29, 0.717) is 32.7 Å². The van der Waals surface area contributed by atoms with Gasteiger partial charge in [-0.3, -0.25) is 14.7 Å². The van der Waals surface area contributed by atoms with E-state index in [4.69, 9.17) is 14.6 Å². The Labute approximate surface area is 218 Å². The molecule has 0 aromatic heterocycles. The van der Waals surface area contributed by atoms with Crippen LogP contribution in [0.1, 0.15) is 56.1 Å². The second kappa shape index (κ2) is 11.8. The SMILES string of the molecule is CCOc1cc(/C=C2/SC(=NC(C)C)N(C(C)C)C2=O)cc(Br)c1OCc1ccc(C(=O)O)cc1. The highest BCUT2D eigenvalue weighted by Gasteiger charge is 2.35. The summed E-state index contributed by atoms with van der Waals surface area (Å²) in [7, 11) is 0.